The lowest BCUT2D eigenvalue weighted by Crippen LogP contribution is -2.43. The highest BCUT2D eigenvalue weighted by atomic mass is 32.2. The summed E-state index contributed by atoms with van der Waals surface area (Å²) in [6.45, 7) is 3.62. The molecular weight excluding hydrogens is 176 g/mol. The van der Waals surface area contributed by atoms with Gasteiger partial charge in [-0.2, -0.15) is 12.7 Å². The molecule has 1 fully saturated rings. The van der Waals surface area contributed by atoms with Gasteiger partial charge < -0.3 is 0 Å². The van der Waals surface area contributed by atoms with E-state index in [2.05, 4.69) is 4.72 Å². The van der Waals surface area contributed by atoms with E-state index in [1.54, 1.807) is 6.92 Å². The minimum Gasteiger partial charge on any atom is -0.202 e. The number of hydrogen-bond acceptors (Lipinski definition) is 2. The van der Waals surface area contributed by atoms with E-state index in [4.69, 9.17) is 0 Å². The van der Waals surface area contributed by atoms with Crippen molar-refractivity contribution in [3.05, 3.63) is 0 Å². The lowest BCUT2D eigenvalue weighted by Gasteiger charge is -2.25. The van der Waals surface area contributed by atoms with Gasteiger partial charge in [0.2, 0.25) is 0 Å². The molecule has 0 spiro atoms. The van der Waals surface area contributed by atoms with E-state index in [0.29, 0.717) is 19.6 Å². The van der Waals surface area contributed by atoms with Crippen LogP contribution in [0.2, 0.25) is 0 Å². The molecule has 1 aliphatic heterocycles. The van der Waals surface area contributed by atoms with E-state index in [-0.39, 0.29) is 0 Å². The summed E-state index contributed by atoms with van der Waals surface area (Å²) in [6, 6.07) is 0. The fourth-order valence-electron chi connectivity index (χ4n) is 1.38. The molecule has 1 rings (SSSR count). The van der Waals surface area contributed by atoms with E-state index in [9.17, 15) is 8.42 Å². The third-order valence-electron chi connectivity index (χ3n) is 1.98. The first-order valence-electron chi connectivity index (χ1n) is 4.41. The molecule has 0 atom stereocenters. The second kappa shape index (κ2) is 4.20. The Labute approximate surface area is 74.1 Å². The molecule has 0 radical (unpaired) electrons. The summed E-state index contributed by atoms with van der Waals surface area (Å²) < 4.78 is 26.8. The summed E-state index contributed by atoms with van der Waals surface area (Å²) in [5.74, 6) is 0. The second-order valence-electron chi connectivity index (χ2n) is 2.96. The second-order valence-corrected chi connectivity index (χ2v) is 4.72. The Morgan fingerprint density at radius 1 is 1.25 bits per heavy atom. The normalized spacial score (nSPS) is 21.1. The van der Waals surface area contributed by atoms with Crippen molar-refractivity contribution in [2.24, 2.45) is 0 Å². The summed E-state index contributed by atoms with van der Waals surface area (Å²) in [5.41, 5.74) is 0. The number of piperidine rings is 1. The first-order valence-corrected chi connectivity index (χ1v) is 5.85. The summed E-state index contributed by atoms with van der Waals surface area (Å²) in [7, 11) is -3.15. The lowest BCUT2D eigenvalue weighted by molar-refractivity contribution is 0.342. The van der Waals surface area contributed by atoms with Gasteiger partial charge in [-0.05, 0) is 12.8 Å². The molecule has 1 N–H and O–H groups in total. The maximum absolute atomic E-state index is 11.4. The van der Waals surface area contributed by atoms with Crippen molar-refractivity contribution in [2.75, 3.05) is 19.6 Å². The van der Waals surface area contributed by atoms with Crippen molar-refractivity contribution in [3.8, 4) is 0 Å². The molecule has 0 unspecified atom stereocenters. The largest absolute Gasteiger partial charge is 0.279 e. The topological polar surface area (TPSA) is 49.4 Å². The fraction of sp³-hybridized carbons (Fsp3) is 1.00. The van der Waals surface area contributed by atoms with Crippen molar-refractivity contribution in [1.82, 2.24) is 9.03 Å². The SMILES string of the molecule is CCNS(=O)(=O)N1CCCCC1. The Bertz CT molecular complexity index is 220. The minimum absolute atomic E-state index is 0.471. The van der Waals surface area contributed by atoms with E-state index >= 15 is 0 Å². The van der Waals surface area contributed by atoms with Crippen LogP contribution in [0.25, 0.3) is 0 Å². The van der Waals surface area contributed by atoms with Gasteiger partial charge in [0.25, 0.3) is 10.2 Å². The first kappa shape index (κ1) is 9.95. The van der Waals surface area contributed by atoms with Crippen molar-refractivity contribution in [1.29, 1.82) is 0 Å². The molecule has 1 heterocycles. The van der Waals surface area contributed by atoms with Crippen LogP contribution < -0.4 is 4.72 Å². The highest BCUT2D eigenvalue weighted by molar-refractivity contribution is 7.87. The van der Waals surface area contributed by atoms with Gasteiger partial charge in [0, 0.05) is 19.6 Å². The third kappa shape index (κ3) is 2.43. The molecule has 0 aromatic carbocycles. The van der Waals surface area contributed by atoms with Gasteiger partial charge in [0.1, 0.15) is 0 Å². The van der Waals surface area contributed by atoms with Gasteiger partial charge in [0.05, 0.1) is 0 Å². The average Bonchev–Trinajstić information content (AvgIpc) is 2.06. The zero-order valence-electron chi connectivity index (χ0n) is 7.41. The quantitative estimate of drug-likeness (QED) is 0.700. The zero-order chi connectivity index (χ0) is 9.03. The Morgan fingerprint density at radius 2 is 1.83 bits per heavy atom. The predicted molar refractivity (Wildman–Crippen MR) is 48.0 cm³/mol. The van der Waals surface area contributed by atoms with Crippen LogP contribution in [-0.2, 0) is 10.2 Å². The Hall–Kier alpha value is -0.130. The maximum atomic E-state index is 11.4. The first-order chi connectivity index (χ1) is 5.67. The molecule has 0 aromatic heterocycles. The van der Waals surface area contributed by atoms with Crippen LogP contribution in [-0.4, -0.2) is 32.4 Å². The van der Waals surface area contributed by atoms with Gasteiger partial charge >= 0.3 is 0 Å². The van der Waals surface area contributed by atoms with Crippen LogP contribution in [0.5, 0.6) is 0 Å². The fourth-order valence-corrected chi connectivity index (χ4v) is 2.67. The summed E-state index contributed by atoms with van der Waals surface area (Å²) >= 11 is 0. The summed E-state index contributed by atoms with van der Waals surface area (Å²) in [5, 5.41) is 0. The van der Waals surface area contributed by atoms with Gasteiger partial charge in [-0.15, -0.1) is 0 Å². The molecule has 0 aromatic rings. The van der Waals surface area contributed by atoms with Crippen LogP contribution in [0.15, 0.2) is 0 Å². The molecule has 1 aliphatic rings. The van der Waals surface area contributed by atoms with Crippen LogP contribution >= 0.6 is 0 Å². The van der Waals surface area contributed by atoms with Gasteiger partial charge in [-0.1, -0.05) is 13.3 Å². The lowest BCUT2D eigenvalue weighted by atomic mass is 10.2. The minimum atomic E-state index is -3.15. The van der Waals surface area contributed by atoms with Crippen LogP contribution in [0.1, 0.15) is 26.2 Å². The van der Waals surface area contributed by atoms with Crippen LogP contribution in [0.4, 0.5) is 0 Å². The molecule has 12 heavy (non-hydrogen) atoms. The monoisotopic (exact) mass is 192 g/mol. The van der Waals surface area contributed by atoms with E-state index < -0.39 is 10.2 Å². The van der Waals surface area contributed by atoms with Gasteiger partial charge in [-0.3, -0.25) is 0 Å². The highest BCUT2D eigenvalue weighted by Gasteiger charge is 2.22. The molecule has 0 aliphatic carbocycles. The average molecular weight is 192 g/mol. The van der Waals surface area contributed by atoms with E-state index in [1.807, 2.05) is 0 Å². The number of nitrogens with zero attached hydrogens (tertiary/aromatic N) is 1. The van der Waals surface area contributed by atoms with Crippen molar-refractivity contribution in [2.45, 2.75) is 26.2 Å². The molecule has 4 nitrogen and oxygen atoms in total. The molecular formula is C7H16N2O2S. The highest BCUT2D eigenvalue weighted by Crippen LogP contribution is 2.11. The number of nitrogens with one attached hydrogen (secondary N) is 1. The predicted octanol–water partition coefficient (Wildman–Crippen LogP) is 0.327. The van der Waals surface area contributed by atoms with Crippen molar-refractivity contribution in [3.63, 3.8) is 0 Å². The number of rotatable bonds is 3. The molecule has 1 saturated heterocycles. The van der Waals surface area contributed by atoms with Crippen molar-refractivity contribution < 1.29 is 8.42 Å². The molecule has 0 bridgehead atoms. The molecule has 72 valence electrons. The Balaban J connectivity index is 2.54. The zero-order valence-corrected chi connectivity index (χ0v) is 8.23. The molecule has 5 heteroatoms. The van der Waals surface area contributed by atoms with Gasteiger partial charge in [0.15, 0.2) is 0 Å². The Kier molecular flexibility index (Phi) is 3.49. The number of hydrogen-bond donors (Lipinski definition) is 1. The van der Waals surface area contributed by atoms with Gasteiger partial charge in [-0.25, -0.2) is 4.72 Å². The van der Waals surface area contributed by atoms with Crippen LogP contribution in [0.3, 0.4) is 0 Å². The smallest absolute Gasteiger partial charge is 0.202 e. The van der Waals surface area contributed by atoms with Crippen LogP contribution in [0, 0.1) is 0 Å². The van der Waals surface area contributed by atoms with E-state index in [0.717, 1.165) is 19.3 Å². The Morgan fingerprint density at radius 3 is 2.33 bits per heavy atom. The summed E-state index contributed by atoms with van der Waals surface area (Å²) in [6.07, 6.45) is 3.13. The van der Waals surface area contributed by atoms with E-state index in [1.165, 1.54) is 4.31 Å². The maximum Gasteiger partial charge on any atom is 0.279 e. The standard InChI is InChI=1S/C7H16N2O2S/c1-2-8-12(10,11)9-6-4-3-5-7-9/h8H,2-7H2,1H3. The molecule has 0 amide bonds. The summed E-state index contributed by atoms with van der Waals surface area (Å²) in [4.78, 5) is 0. The molecule has 0 saturated carbocycles. The van der Waals surface area contributed by atoms with Crippen molar-refractivity contribution >= 4 is 10.2 Å². The third-order valence-corrected chi connectivity index (χ3v) is 3.68.